The lowest BCUT2D eigenvalue weighted by molar-refractivity contribution is -0.116. The van der Waals surface area contributed by atoms with Crippen LogP contribution < -0.4 is 5.32 Å². The first-order valence-corrected chi connectivity index (χ1v) is 6.16. The first-order valence-electron chi connectivity index (χ1n) is 5.78. The second-order valence-electron chi connectivity index (χ2n) is 4.27. The van der Waals surface area contributed by atoms with Crippen LogP contribution in [0.15, 0.2) is 36.4 Å². The van der Waals surface area contributed by atoms with Gasteiger partial charge in [-0.3, -0.25) is 4.79 Å². The van der Waals surface area contributed by atoms with Gasteiger partial charge >= 0.3 is 0 Å². The van der Waals surface area contributed by atoms with Gasteiger partial charge in [0.1, 0.15) is 0 Å². The number of nitrogens with one attached hydrogen (secondary N) is 1. The highest BCUT2D eigenvalue weighted by molar-refractivity contribution is 6.30. The molecule has 1 aromatic rings. The Morgan fingerprint density at radius 1 is 1.35 bits per heavy atom. The van der Waals surface area contributed by atoms with Crippen molar-refractivity contribution in [2.75, 3.05) is 6.54 Å². The number of hydrogen-bond donors (Lipinski definition) is 1. The molecular weight excluding hydrogens is 234 g/mol. The van der Waals surface area contributed by atoms with Crippen molar-refractivity contribution < 1.29 is 4.79 Å². The number of allylic oxidation sites excluding steroid dienone is 1. The Labute approximate surface area is 108 Å². The summed E-state index contributed by atoms with van der Waals surface area (Å²) in [6.45, 7) is 4.72. The smallest absolute Gasteiger partial charge is 0.243 e. The van der Waals surface area contributed by atoms with Gasteiger partial charge in [-0.05, 0) is 36.1 Å². The first-order chi connectivity index (χ1) is 8.08. The molecule has 3 heteroatoms. The van der Waals surface area contributed by atoms with Crippen LogP contribution in [-0.2, 0) is 11.2 Å². The molecule has 1 aromatic carbocycles. The minimum absolute atomic E-state index is 0.0346. The number of rotatable bonds is 5. The lowest BCUT2D eigenvalue weighted by Crippen LogP contribution is -2.23. The lowest BCUT2D eigenvalue weighted by Gasteiger charge is -2.03. The zero-order valence-electron chi connectivity index (χ0n) is 10.2. The highest BCUT2D eigenvalue weighted by Gasteiger charge is 1.97. The second kappa shape index (κ2) is 7.13. The normalized spacial score (nSPS) is 11.1. The molecule has 1 amide bonds. The van der Waals surface area contributed by atoms with Gasteiger partial charge < -0.3 is 5.32 Å². The highest BCUT2D eigenvalue weighted by atomic mass is 35.5. The average Bonchev–Trinajstić information content (AvgIpc) is 2.29. The summed E-state index contributed by atoms with van der Waals surface area (Å²) in [5.41, 5.74) is 1.17. The summed E-state index contributed by atoms with van der Waals surface area (Å²) in [5, 5.41) is 3.58. The van der Waals surface area contributed by atoms with E-state index in [1.165, 1.54) is 5.56 Å². The Balaban J connectivity index is 2.28. The van der Waals surface area contributed by atoms with E-state index in [-0.39, 0.29) is 5.91 Å². The van der Waals surface area contributed by atoms with Crippen molar-refractivity contribution in [3.8, 4) is 0 Å². The van der Waals surface area contributed by atoms with Gasteiger partial charge in [0.15, 0.2) is 0 Å². The molecule has 92 valence electrons. The molecule has 1 N–H and O–H groups in total. The van der Waals surface area contributed by atoms with E-state index in [1.54, 1.807) is 6.08 Å². The monoisotopic (exact) mass is 251 g/mol. The fourth-order valence-electron chi connectivity index (χ4n) is 1.32. The van der Waals surface area contributed by atoms with Crippen LogP contribution in [-0.4, -0.2) is 12.5 Å². The summed E-state index contributed by atoms with van der Waals surface area (Å²) in [6, 6.07) is 7.66. The number of hydrogen-bond acceptors (Lipinski definition) is 1. The number of benzene rings is 1. The minimum atomic E-state index is -0.0346. The van der Waals surface area contributed by atoms with Gasteiger partial charge in [0.05, 0.1) is 0 Å². The van der Waals surface area contributed by atoms with Crippen molar-refractivity contribution in [2.45, 2.75) is 20.3 Å². The fraction of sp³-hybridized carbons (Fsp3) is 0.357. The van der Waals surface area contributed by atoms with E-state index in [0.29, 0.717) is 12.5 Å². The molecular formula is C14H18ClNO. The molecule has 0 aliphatic heterocycles. The minimum Gasteiger partial charge on any atom is -0.352 e. The van der Waals surface area contributed by atoms with E-state index in [4.69, 9.17) is 11.6 Å². The molecule has 17 heavy (non-hydrogen) atoms. The molecule has 0 spiro atoms. The maximum absolute atomic E-state index is 11.4. The summed E-state index contributed by atoms with van der Waals surface area (Å²) in [4.78, 5) is 11.4. The van der Waals surface area contributed by atoms with Crippen LogP contribution in [0.5, 0.6) is 0 Å². The third-order valence-corrected chi connectivity index (χ3v) is 2.51. The SMILES string of the molecule is CC(C)/C=C/C(=O)NCCc1ccc(Cl)cc1. The van der Waals surface area contributed by atoms with Crippen molar-refractivity contribution in [1.82, 2.24) is 5.32 Å². The predicted molar refractivity (Wildman–Crippen MR) is 72.1 cm³/mol. The molecule has 0 radical (unpaired) electrons. The van der Waals surface area contributed by atoms with Crippen molar-refractivity contribution in [3.05, 3.63) is 47.0 Å². The number of amides is 1. The van der Waals surface area contributed by atoms with Crippen LogP contribution in [0, 0.1) is 5.92 Å². The van der Waals surface area contributed by atoms with Crippen molar-refractivity contribution in [3.63, 3.8) is 0 Å². The Morgan fingerprint density at radius 2 is 2.00 bits per heavy atom. The van der Waals surface area contributed by atoms with Gasteiger partial charge in [0, 0.05) is 11.6 Å². The maximum atomic E-state index is 11.4. The molecule has 2 nitrogen and oxygen atoms in total. The molecule has 0 aromatic heterocycles. The fourth-order valence-corrected chi connectivity index (χ4v) is 1.45. The van der Waals surface area contributed by atoms with E-state index in [2.05, 4.69) is 5.32 Å². The summed E-state index contributed by atoms with van der Waals surface area (Å²) in [7, 11) is 0. The number of carbonyl (C=O) groups is 1. The number of halogens is 1. The summed E-state index contributed by atoms with van der Waals surface area (Å²) in [5.74, 6) is 0.365. The van der Waals surface area contributed by atoms with E-state index in [0.717, 1.165) is 11.4 Å². The van der Waals surface area contributed by atoms with Gasteiger partial charge in [-0.1, -0.05) is 43.7 Å². The van der Waals surface area contributed by atoms with Gasteiger partial charge in [0.2, 0.25) is 5.91 Å². The molecule has 0 unspecified atom stereocenters. The predicted octanol–water partition coefficient (Wildman–Crippen LogP) is 3.21. The lowest BCUT2D eigenvalue weighted by atomic mass is 10.1. The molecule has 0 aliphatic carbocycles. The van der Waals surface area contributed by atoms with Crippen LogP contribution >= 0.6 is 11.6 Å². The topological polar surface area (TPSA) is 29.1 Å². The van der Waals surface area contributed by atoms with Crippen LogP contribution in [0.1, 0.15) is 19.4 Å². The molecule has 1 rings (SSSR count). The second-order valence-corrected chi connectivity index (χ2v) is 4.71. The largest absolute Gasteiger partial charge is 0.352 e. The molecule has 0 saturated heterocycles. The molecule has 0 atom stereocenters. The summed E-state index contributed by atoms with van der Waals surface area (Å²) in [6.07, 6.45) is 4.29. The Hall–Kier alpha value is -1.28. The van der Waals surface area contributed by atoms with E-state index in [1.807, 2.05) is 44.2 Å². The van der Waals surface area contributed by atoms with E-state index >= 15 is 0 Å². The Bertz CT molecular complexity index is 382. The zero-order valence-corrected chi connectivity index (χ0v) is 11.0. The van der Waals surface area contributed by atoms with Crippen molar-refractivity contribution in [1.29, 1.82) is 0 Å². The first kappa shape index (κ1) is 13.8. The van der Waals surface area contributed by atoms with Crippen molar-refractivity contribution >= 4 is 17.5 Å². The molecule has 0 bridgehead atoms. The van der Waals surface area contributed by atoms with E-state index < -0.39 is 0 Å². The third-order valence-electron chi connectivity index (χ3n) is 2.26. The zero-order chi connectivity index (χ0) is 12.7. The molecule has 0 saturated carbocycles. The third kappa shape index (κ3) is 6.12. The van der Waals surface area contributed by atoms with Gasteiger partial charge in [0.25, 0.3) is 0 Å². The highest BCUT2D eigenvalue weighted by Crippen LogP contribution is 2.09. The molecule has 0 fully saturated rings. The summed E-state index contributed by atoms with van der Waals surface area (Å²) < 4.78 is 0. The number of carbonyl (C=O) groups excluding carboxylic acids is 1. The molecule has 0 aliphatic rings. The van der Waals surface area contributed by atoms with Crippen LogP contribution in [0.2, 0.25) is 5.02 Å². The summed E-state index contributed by atoms with van der Waals surface area (Å²) >= 11 is 5.79. The van der Waals surface area contributed by atoms with Crippen molar-refractivity contribution in [2.24, 2.45) is 5.92 Å². The van der Waals surface area contributed by atoms with Crippen LogP contribution in [0.4, 0.5) is 0 Å². The molecule has 0 heterocycles. The average molecular weight is 252 g/mol. The maximum Gasteiger partial charge on any atom is 0.243 e. The van der Waals surface area contributed by atoms with Crippen LogP contribution in [0.25, 0.3) is 0 Å². The van der Waals surface area contributed by atoms with Gasteiger partial charge in [-0.2, -0.15) is 0 Å². The quantitative estimate of drug-likeness (QED) is 0.800. The standard InChI is InChI=1S/C14H18ClNO/c1-11(2)3-8-14(17)16-10-9-12-4-6-13(15)7-5-12/h3-8,11H,9-10H2,1-2H3,(H,16,17)/b8-3+. The Morgan fingerprint density at radius 3 is 2.59 bits per heavy atom. The van der Waals surface area contributed by atoms with E-state index in [9.17, 15) is 4.79 Å². The van der Waals surface area contributed by atoms with Crippen LogP contribution in [0.3, 0.4) is 0 Å². The Kier molecular flexibility index (Phi) is 5.78. The van der Waals surface area contributed by atoms with Gasteiger partial charge in [-0.15, -0.1) is 0 Å². The van der Waals surface area contributed by atoms with Gasteiger partial charge in [-0.25, -0.2) is 0 Å².